The van der Waals surface area contributed by atoms with Gasteiger partial charge in [-0.05, 0) is 37.9 Å². The maximum absolute atomic E-state index is 14.3. The molecule has 1 atom stereocenters. The maximum atomic E-state index is 14.3. The zero-order valence-corrected chi connectivity index (χ0v) is 11.9. The van der Waals surface area contributed by atoms with Crippen LogP contribution in [0.5, 0.6) is 0 Å². The third-order valence-electron chi connectivity index (χ3n) is 4.45. The van der Waals surface area contributed by atoms with E-state index in [9.17, 15) is 8.78 Å². The van der Waals surface area contributed by atoms with E-state index in [1.165, 1.54) is 0 Å². The van der Waals surface area contributed by atoms with Crippen molar-refractivity contribution in [1.29, 1.82) is 5.41 Å². The average molecular weight is 294 g/mol. The van der Waals surface area contributed by atoms with Crippen LogP contribution in [0, 0.1) is 17.0 Å². The highest BCUT2D eigenvalue weighted by Gasteiger charge is 2.30. The van der Waals surface area contributed by atoms with E-state index in [1.54, 1.807) is 0 Å². The van der Waals surface area contributed by atoms with Crippen molar-refractivity contribution in [3.05, 3.63) is 29.3 Å². The SMILES string of the molecule is N=C(N)c1cc(F)c(N2CCCN3CCCC3C2)c(F)c1. The summed E-state index contributed by atoms with van der Waals surface area (Å²) in [6.45, 7) is 3.40. The van der Waals surface area contributed by atoms with Crippen LogP contribution in [0.15, 0.2) is 12.1 Å². The third kappa shape index (κ3) is 2.72. The molecule has 6 heteroatoms. The number of hydrogen-bond acceptors (Lipinski definition) is 3. The first-order chi connectivity index (χ1) is 10.1. The van der Waals surface area contributed by atoms with Crippen molar-refractivity contribution >= 4 is 11.5 Å². The van der Waals surface area contributed by atoms with Crippen molar-refractivity contribution in [3.63, 3.8) is 0 Å². The van der Waals surface area contributed by atoms with Crippen LogP contribution < -0.4 is 10.6 Å². The zero-order valence-electron chi connectivity index (χ0n) is 11.9. The zero-order chi connectivity index (χ0) is 15.0. The average Bonchev–Trinajstić information content (AvgIpc) is 2.76. The Bertz CT molecular complexity index is 538. The molecule has 114 valence electrons. The maximum Gasteiger partial charge on any atom is 0.150 e. The second kappa shape index (κ2) is 5.60. The second-order valence-electron chi connectivity index (χ2n) is 5.83. The van der Waals surface area contributed by atoms with Crippen molar-refractivity contribution < 1.29 is 8.78 Å². The minimum atomic E-state index is -0.633. The lowest BCUT2D eigenvalue weighted by Gasteiger charge is -2.28. The molecule has 1 unspecified atom stereocenters. The lowest BCUT2D eigenvalue weighted by molar-refractivity contribution is 0.273. The molecule has 3 rings (SSSR count). The van der Waals surface area contributed by atoms with E-state index in [0.717, 1.165) is 44.5 Å². The van der Waals surface area contributed by atoms with E-state index in [2.05, 4.69) is 4.90 Å². The Morgan fingerprint density at radius 1 is 1.14 bits per heavy atom. The molecule has 0 aromatic heterocycles. The summed E-state index contributed by atoms with van der Waals surface area (Å²) in [4.78, 5) is 4.23. The van der Waals surface area contributed by atoms with Crippen molar-refractivity contribution in [2.75, 3.05) is 31.1 Å². The predicted octanol–water partition coefficient (Wildman–Crippen LogP) is 1.92. The molecule has 3 N–H and O–H groups in total. The Balaban J connectivity index is 1.90. The van der Waals surface area contributed by atoms with Gasteiger partial charge in [0.05, 0.1) is 0 Å². The number of nitrogens with one attached hydrogen (secondary N) is 1. The summed E-state index contributed by atoms with van der Waals surface area (Å²) in [5.41, 5.74) is 5.42. The van der Waals surface area contributed by atoms with Crippen LogP contribution in [0.4, 0.5) is 14.5 Å². The van der Waals surface area contributed by atoms with Gasteiger partial charge in [0.2, 0.25) is 0 Å². The fraction of sp³-hybridized carbons (Fsp3) is 0.533. The van der Waals surface area contributed by atoms with Crippen LogP contribution in [0.1, 0.15) is 24.8 Å². The van der Waals surface area contributed by atoms with E-state index >= 15 is 0 Å². The number of anilines is 1. The lowest BCUT2D eigenvalue weighted by atomic mass is 10.1. The van der Waals surface area contributed by atoms with Crippen LogP contribution in [-0.2, 0) is 0 Å². The highest BCUT2D eigenvalue weighted by molar-refractivity contribution is 5.95. The molecular weight excluding hydrogens is 274 g/mol. The Hall–Kier alpha value is -1.69. The number of halogens is 2. The summed E-state index contributed by atoms with van der Waals surface area (Å²) in [6, 6.07) is 2.69. The molecule has 4 nitrogen and oxygen atoms in total. The molecule has 2 fully saturated rings. The number of fused-ring (bicyclic) bond motifs is 1. The van der Waals surface area contributed by atoms with E-state index in [1.807, 2.05) is 4.90 Å². The molecule has 0 saturated carbocycles. The molecule has 2 aliphatic rings. The van der Waals surface area contributed by atoms with Crippen LogP contribution >= 0.6 is 0 Å². The van der Waals surface area contributed by atoms with Gasteiger partial charge in [0, 0.05) is 31.2 Å². The van der Waals surface area contributed by atoms with Gasteiger partial charge < -0.3 is 10.6 Å². The number of nitrogens with two attached hydrogens (primary N) is 1. The first kappa shape index (κ1) is 14.3. The van der Waals surface area contributed by atoms with Crippen molar-refractivity contribution in [3.8, 4) is 0 Å². The molecule has 2 aliphatic heterocycles. The normalized spacial score (nSPS) is 23.0. The Labute approximate surface area is 123 Å². The number of rotatable bonds is 2. The minimum Gasteiger partial charge on any atom is -0.384 e. The number of nitrogens with zero attached hydrogens (tertiary/aromatic N) is 2. The van der Waals surface area contributed by atoms with Gasteiger partial charge in [-0.15, -0.1) is 0 Å². The first-order valence-corrected chi connectivity index (χ1v) is 7.38. The number of hydrogen-bond donors (Lipinski definition) is 2. The summed E-state index contributed by atoms with van der Waals surface area (Å²) in [6.07, 6.45) is 3.15. The topological polar surface area (TPSA) is 56.4 Å². The van der Waals surface area contributed by atoms with Gasteiger partial charge in [-0.2, -0.15) is 0 Å². The van der Waals surface area contributed by atoms with Gasteiger partial charge in [0.15, 0.2) is 0 Å². The fourth-order valence-electron chi connectivity index (χ4n) is 3.43. The Kier molecular flexibility index (Phi) is 3.80. The molecule has 0 bridgehead atoms. The lowest BCUT2D eigenvalue weighted by Crippen LogP contribution is -2.37. The Morgan fingerprint density at radius 2 is 1.81 bits per heavy atom. The smallest absolute Gasteiger partial charge is 0.150 e. The fourth-order valence-corrected chi connectivity index (χ4v) is 3.43. The molecular formula is C15H20F2N4. The van der Waals surface area contributed by atoms with Crippen LogP contribution in [0.2, 0.25) is 0 Å². The molecule has 0 radical (unpaired) electrons. The summed E-state index contributed by atoms with van der Waals surface area (Å²) in [5.74, 6) is -1.59. The predicted molar refractivity (Wildman–Crippen MR) is 78.8 cm³/mol. The van der Waals surface area contributed by atoms with E-state index in [4.69, 9.17) is 11.1 Å². The highest BCUT2D eigenvalue weighted by Crippen LogP contribution is 2.29. The van der Waals surface area contributed by atoms with Crippen molar-refractivity contribution in [2.45, 2.75) is 25.3 Å². The summed E-state index contributed by atoms with van der Waals surface area (Å²) < 4.78 is 28.6. The van der Waals surface area contributed by atoms with Gasteiger partial charge in [-0.25, -0.2) is 8.78 Å². The number of nitrogen functional groups attached to an aromatic ring is 1. The highest BCUT2D eigenvalue weighted by atomic mass is 19.1. The molecule has 2 saturated heterocycles. The monoisotopic (exact) mass is 294 g/mol. The standard InChI is InChI=1S/C15H20F2N4/c16-12-7-10(15(18)19)8-13(17)14(12)21-6-2-5-20-4-1-3-11(20)9-21/h7-8,11H,1-6,9H2,(H3,18,19). The molecule has 21 heavy (non-hydrogen) atoms. The molecule has 2 heterocycles. The molecule has 1 aromatic rings. The summed E-state index contributed by atoms with van der Waals surface area (Å²) in [7, 11) is 0. The second-order valence-corrected chi connectivity index (χ2v) is 5.83. The van der Waals surface area contributed by atoms with Gasteiger partial charge in [0.1, 0.15) is 23.2 Å². The van der Waals surface area contributed by atoms with Crippen LogP contribution in [0.3, 0.4) is 0 Å². The van der Waals surface area contributed by atoms with Gasteiger partial charge in [-0.1, -0.05) is 0 Å². The van der Waals surface area contributed by atoms with Crippen molar-refractivity contribution in [1.82, 2.24) is 4.90 Å². The third-order valence-corrected chi connectivity index (χ3v) is 4.45. The Morgan fingerprint density at radius 3 is 2.48 bits per heavy atom. The van der Waals surface area contributed by atoms with Crippen LogP contribution in [-0.4, -0.2) is 43.0 Å². The molecule has 0 amide bonds. The summed E-state index contributed by atoms with van der Waals surface area (Å²) >= 11 is 0. The molecule has 0 spiro atoms. The van der Waals surface area contributed by atoms with E-state index < -0.39 is 11.6 Å². The van der Waals surface area contributed by atoms with Gasteiger partial charge in [-0.3, -0.25) is 10.3 Å². The van der Waals surface area contributed by atoms with E-state index in [-0.39, 0.29) is 17.1 Å². The first-order valence-electron chi connectivity index (χ1n) is 7.38. The molecule has 0 aliphatic carbocycles. The number of benzene rings is 1. The molecule has 1 aromatic carbocycles. The quantitative estimate of drug-likeness (QED) is 0.647. The largest absolute Gasteiger partial charge is 0.384 e. The van der Waals surface area contributed by atoms with Crippen LogP contribution in [0.25, 0.3) is 0 Å². The van der Waals surface area contributed by atoms with Crippen molar-refractivity contribution in [2.24, 2.45) is 5.73 Å². The number of amidine groups is 1. The minimum absolute atomic E-state index is 0.0220. The van der Waals surface area contributed by atoms with E-state index in [0.29, 0.717) is 19.1 Å². The van der Waals surface area contributed by atoms with Gasteiger partial charge >= 0.3 is 0 Å². The van der Waals surface area contributed by atoms with Gasteiger partial charge in [0.25, 0.3) is 0 Å². The summed E-state index contributed by atoms with van der Waals surface area (Å²) in [5, 5.41) is 7.30.